The Bertz CT molecular complexity index is 1040. The summed E-state index contributed by atoms with van der Waals surface area (Å²) in [5, 5.41) is 18.4. The maximum absolute atomic E-state index is 12.5. The largest absolute Gasteiger partial charge is 0.484 e. The average molecular weight is 433 g/mol. The van der Waals surface area contributed by atoms with Gasteiger partial charge < -0.3 is 10.1 Å². The molecule has 2 aromatic rings. The van der Waals surface area contributed by atoms with Gasteiger partial charge in [-0.15, -0.1) is 0 Å². The molecule has 3 N–H and O–H groups in total. The Balaban J connectivity index is 2.29. The van der Waals surface area contributed by atoms with Crippen LogP contribution in [0.4, 0.5) is 24.5 Å². The molecule has 0 unspecified atom stereocenters. The summed E-state index contributed by atoms with van der Waals surface area (Å²) in [6, 6.07) is 8.14. The van der Waals surface area contributed by atoms with Gasteiger partial charge in [0, 0.05) is 11.8 Å². The molecule has 29 heavy (non-hydrogen) atoms. The summed E-state index contributed by atoms with van der Waals surface area (Å²) >= 11 is 0. The number of nitrogens with two attached hydrogens (primary N) is 1. The van der Waals surface area contributed by atoms with E-state index in [0.717, 1.165) is 18.2 Å². The van der Waals surface area contributed by atoms with Crippen LogP contribution >= 0.6 is 0 Å². The number of primary sulfonamides is 1. The van der Waals surface area contributed by atoms with Crippen molar-refractivity contribution in [1.29, 1.82) is 0 Å². The Kier molecular flexibility index (Phi) is 6.44. The van der Waals surface area contributed by atoms with Crippen LogP contribution in [0.5, 0.6) is 5.75 Å². The van der Waals surface area contributed by atoms with E-state index in [2.05, 4.69) is 10.1 Å². The van der Waals surface area contributed by atoms with E-state index in [1.807, 2.05) is 0 Å². The highest BCUT2D eigenvalue weighted by atomic mass is 32.2. The second-order valence-corrected chi connectivity index (χ2v) is 7.42. The number of rotatable bonds is 7. The molecule has 0 aliphatic heterocycles. The Morgan fingerprint density at radius 2 is 1.90 bits per heavy atom. The number of carbonyl (C=O) groups excluding carboxylic acids is 1. The standard InChI is InChI=1S/C16H14F3N3O6S/c17-16(18,19)9-28-12-4-5-14(22(24)25)13(7-12)15(23)21-11-3-1-2-10(6-11)8-29(20,26)27/h1-7H,8-9H2,(H,21,23)(H2,20,26,27). The molecule has 0 spiro atoms. The minimum Gasteiger partial charge on any atom is -0.484 e. The summed E-state index contributed by atoms with van der Waals surface area (Å²) in [4.78, 5) is 22.7. The molecule has 13 heteroatoms. The summed E-state index contributed by atoms with van der Waals surface area (Å²) in [6.07, 6.45) is -4.63. The Hall–Kier alpha value is -3.19. The number of nitrogens with one attached hydrogen (secondary N) is 1. The van der Waals surface area contributed by atoms with Gasteiger partial charge >= 0.3 is 6.18 Å². The molecule has 2 rings (SSSR count). The van der Waals surface area contributed by atoms with Crippen LogP contribution in [0.1, 0.15) is 15.9 Å². The van der Waals surface area contributed by atoms with E-state index in [1.54, 1.807) is 0 Å². The number of carbonyl (C=O) groups is 1. The number of nitrogens with zero attached hydrogens (tertiary/aromatic N) is 1. The molecule has 0 bridgehead atoms. The van der Waals surface area contributed by atoms with Gasteiger partial charge in [-0.1, -0.05) is 12.1 Å². The fourth-order valence-corrected chi connectivity index (χ4v) is 2.92. The highest BCUT2D eigenvalue weighted by Crippen LogP contribution is 2.27. The number of nitro groups is 1. The van der Waals surface area contributed by atoms with Crippen LogP contribution < -0.4 is 15.2 Å². The quantitative estimate of drug-likeness (QED) is 0.508. The zero-order valence-electron chi connectivity index (χ0n) is 14.5. The molecular weight excluding hydrogens is 419 g/mol. The highest BCUT2D eigenvalue weighted by Gasteiger charge is 2.29. The highest BCUT2D eigenvalue weighted by molar-refractivity contribution is 7.88. The maximum atomic E-state index is 12.5. The summed E-state index contributed by atoms with van der Waals surface area (Å²) in [7, 11) is -3.83. The second-order valence-electron chi connectivity index (χ2n) is 5.80. The smallest absolute Gasteiger partial charge is 0.422 e. The first-order valence-electron chi connectivity index (χ1n) is 7.73. The van der Waals surface area contributed by atoms with E-state index in [4.69, 9.17) is 5.14 Å². The average Bonchev–Trinajstić information content (AvgIpc) is 2.57. The van der Waals surface area contributed by atoms with Crippen molar-refractivity contribution in [1.82, 2.24) is 0 Å². The molecule has 2 aromatic carbocycles. The molecule has 0 saturated heterocycles. The van der Waals surface area contributed by atoms with E-state index in [1.165, 1.54) is 24.3 Å². The normalized spacial score (nSPS) is 11.7. The van der Waals surface area contributed by atoms with Gasteiger partial charge in [0.2, 0.25) is 10.0 Å². The van der Waals surface area contributed by atoms with Crippen LogP contribution in [0, 0.1) is 10.1 Å². The number of sulfonamides is 1. The van der Waals surface area contributed by atoms with Crippen molar-refractivity contribution in [3.8, 4) is 5.75 Å². The van der Waals surface area contributed by atoms with Gasteiger partial charge in [-0.3, -0.25) is 14.9 Å². The van der Waals surface area contributed by atoms with Crippen LogP contribution in [0.2, 0.25) is 0 Å². The molecule has 156 valence electrons. The molecule has 0 aliphatic rings. The van der Waals surface area contributed by atoms with Gasteiger partial charge in [-0.2, -0.15) is 13.2 Å². The topological polar surface area (TPSA) is 142 Å². The summed E-state index contributed by atoms with van der Waals surface area (Å²) in [6.45, 7) is -1.64. The molecule has 0 heterocycles. The van der Waals surface area contributed by atoms with Crippen molar-refractivity contribution in [2.24, 2.45) is 5.14 Å². The van der Waals surface area contributed by atoms with Crippen molar-refractivity contribution >= 4 is 27.3 Å². The van der Waals surface area contributed by atoms with Crippen LogP contribution in [0.15, 0.2) is 42.5 Å². The first-order chi connectivity index (χ1) is 13.3. The van der Waals surface area contributed by atoms with Gasteiger partial charge in [0.05, 0.1) is 10.7 Å². The van der Waals surface area contributed by atoms with Crippen LogP contribution in [0.25, 0.3) is 0 Å². The Morgan fingerprint density at radius 1 is 1.21 bits per heavy atom. The number of anilines is 1. The van der Waals surface area contributed by atoms with Gasteiger partial charge in [0.25, 0.3) is 11.6 Å². The lowest BCUT2D eigenvalue weighted by atomic mass is 10.1. The molecule has 0 aromatic heterocycles. The van der Waals surface area contributed by atoms with Gasteiger partial charge in [-0.25, -0.2) is 13.6 Å². The number of halogens is 3. The van der Waals surface area contributed by atoms with Crippen molar-refractivity contribution in [2.75, 3.05) is 11.9 Å². The second kappa shape index (κ2) is 8.45. The number of hydrogen-bond acceptors (Lipinski definition) is 6. The number of alkyl halides is 3. The number of benzene rings is 2. The summed E-state index contributed by atoms with van der Waals surface area (Å²) < 4.78 is 63.7. The number of ether oxygens (including phenoxy) is 1. The summed E-state index contributed by atoms with van der Waals surface area (Å²) in [5.41, 5.74) is -0.830. The van der Waals surface area contributed by atoms with Crippen molar-refractivity contribution in [2.45, 2.75) is 11.9 Å². The van der Waals surface area contributed by atoms with Crippen LogP contribution in [-0.2, 0) is 15.8 Å². The predicted octanol–water partition coefficient (Wildman–Crippen LogP) is 2.58. The first kappa shape index (κ1) is 22.1. The van der Waals surface area contributed by atoms with Crippen LogP contribution in [0.3, 0.4) is 0 Å². The molecular formula is C16H14F3N3O6S. The zero-order valence-corrected chi connectivity index (χ0v) is 15.3. The van der Waals surface area contributed by atoms with E-state index in [0.29, 0.717) is 0 Å². The Labute approximate surface area is 162 Å². The first-order valence-corrected chi connectivity index (χ1v) is 9.44. The number of nitro benzene ring substituents is 1. The lowest BCUT2D eigenvalue weighted by Gasteiger charge is -2.11. The monoisotopic (exact) mass is 433 g/mol. The minimum atomic E-state index is -4.63. The fraction of sp³-hybridized carbons (Fsp3) is 0.188. The van der Waals surface area contributed by atoms with E-state index in [-0.39, 0.29) is 17.0 Å². The predicted molar refractivity (Wildman–Crippen MR) is 95.9 cm³/mol. The minimum absolute atomic E-state index is 0.104. The lowest BCUT2D eigenvalue weighted by molar-refractivity contribution is -0.385. The third-order valence-electron chi connectivity index (χ3n) is 3.36. The number of amides is 1. The molecule has 1 amide bonds. The van der Waals surface area contributed by atoms with E-state index >= 15 is 0 Å². The zero-order chi connectivity index (χ0) is 21.8. The third-order valence-corrected chi connectivity index (χ3v) is 4.10. The van der Waals surface area contributed by atoms with Crippen molar-refractivity contribution in [3.05, 3.63) is 63.7 Å². The molecule has 0 radical (unpaired) electrons. The van der Waals surface area contributed by atoms with Gasteiger partial charge in [0.15, 0.2) is 6.61 Å². The molecule has 0 saturated carbocycles. The van der Waals surface area contributed by atoms with Crippen molar-refractivity contribution in [3.63, 3.8) is 0 Å². The molecule has 0 fully saturated rings. The molecule has 0 atom stereocenters. The summed E-state index contributed by atoms with van der Waals surface area (Å²) in [5.74, 6) is -1.89. The van der Waals surface area contributed by atoms with E-state index in [9.17, 15) is 36.5 Å². The molecule has 0 aliphatic carbocycles. The van der Waals surface area contributed by atoms with Gasteiger partial charge in [-0.05, 0) is 29.8 Å². The Morgan fingerprint density at radius 3 is 2.48 bits per heavy atom. The number of hydrogen-bond donors (Lipinski definition) is 2. The molecule has 9 nitrogen and oxygen atoms in total. The lowest BCUT2D eigenvalue weighted by Crippen LogP contribution is -2.20. The SMILES string of the molecule is NS(=O)(=O)Cc1cccc(NC(=O)c2cc(OCC(F)(F)F)ccc2[N+](=O)[O-])c1. The maximum Gasteiger partial charge on any atom is 0.422 e. The fourth-order valence-electron chi connectivity index (χ4n) is 2.28. The van der Waals surface area contributed by atoms with Crippen molar-refractivity contribution < 1.29 is 36.0 Å². The van der Waals surface area contributed by atoms with Crippen LogP contribution in [-0.4, -0.2) is 32.0 Å². The van der Waals surface area contributed by atoms with E-state index < -0.39 is 50.6 Å². The van der Waals surface area contributed by atoms with Gasteiger partial charge in [0.1, 0.15) is 11.3 Å². The third kappa shape index (κ3) is 7.04.